The zero-order valence-electron chi connectivity index (χ0n) is 17.7. The Kier molecular flexibility index (Phi) is 7.18. The zero-order valence-corrected chi connectivity index (χ0v) is 18.6. The number of aromatic nitrogens is 3. The van der Waals surface area contributed by atoms with E-state index in [-0.39, 0.29) is 11.7 Å². The van der Waals surface area contributed by atoms with E-state index in [4.69, 9.17) is 5.73 Å². The van der Waals surface area contributed by atoms with Crippen molar-refractivity contribution in [2.45, 2.75) is 31.0 Å². The van der Waals surface area contributed by atoms with Crippen LogP contribution in [0.25, 0.3) is 5.69 Å². The maximum atomic E-state index is 12.5. The predicted molar refractivity (Wildman–Crippen MR) is 125 cm³/mol. The van der Waals surface area contributed by atoms with Gasteiger partial charge in [-0.3, -0.25) is 19.1 Å². The van der Waals surface area contributed by atoms with Gasteiger partial charge in [-0.05, 0) is 62.3 Å². The largest absolute Gasteiger partial charge is 0.366 e. The number of likely N-dealkylation sites (tertiary alicyclic amines) is 1. The molecule has 0 radical (unpaired) electrons. The van der Waals surface area contributed by atoms with Crippen LogP contribution in [0.3, 0.4) is 0 Å². The summed E-state index contributed by atoms with van der Waals surface area (Å²) in [6.45, 7) is 2.88. The minimum Gasteiger partial charge on any atom is -0.366 e. The van der Waals surface area contributed by atoms with Crippen LogP contribution in [0.1, 0.15) is 35.4 Å². The van der Waals surface area contributed by atoms with Gasteiger partial charge in [0.25, 0.3) is 0 Å². The van der Waals surface area contributed by atoms with E-state index >= 15 is 0 Å². The number of anilines is 1. The van der Waals surface area contributed by atoms with Crippen molar-refractivity contribution in [1.82, 2.24) is 19.7 Å². The first kappa shape index (κ1) is 22.0. The molecule has 0 spiro atoms. The van der Waals surface area contributed by atoms with E-state index in [0.717, 1.165) is 31.1 Å². The smallest absolute Gasteiger partial charge is 0.248 e. The van der Waals surface area contributed by atoms with Gasteiger partial charge in [-0.15, -0.1) is 10.2 Å². The molecular formula is C23H26N6O2S. The highest BCUT2D eigenvalue weighted by Gasteiger charge is 2.19. The molecule has 0 bridgehead atoms. The van der Waals surface area contributed by atoms with Crippen molar-refractivity contribution in [2.24, 2.45) is 5.73 Å². The maximum Gasteiger partial charge on any atom is 0.248 e. The Balaban J connectivity index is 1.45. The second-order valence-electron chi connectivity index (χ2n) is 7.69. The Bertz CT molecular complexity index is 1060. The monoisotopic (exact) mass is 450 g/mol. The van der Waals surface area contributed by atoms with Crippen molar-refractivity contribution in [3.05, 3.63) is 66.0 Å². The molecule has 1 aromatic heterocycles. The molecule has 166 valence electrons. The van der Waals surface area contributed by atoms with Gasteiger partial charge in [0, 0.05) is 16.9 Å². The number of carbonyl (C=O) groups excluding carboxylic acids is 2. The molecule has 3 N–H and O–H groups in total. The van der Waals surface area contributed by atoms with Crippen molar-refractivity contribution in [1.29, 1.82) is 0 Å². The Morgan fingerprint density at radius 3 is 2.38 bits per heavy atom. The number of piperidine rings is 1. The van der Waals surface area contributed by atoms with Gasteiger partial charge in [0.05, 0.1) is 12.3 Å². The fraction of sp³-hybridized carbons (Fsp3) is 0.304. The summed E-state index contributed by atoms with van der Waals surface area (Å²) in [7, 11) is 0. The number of nitrogens with two attached hydrogens (primary N) is 1. The highest BCUT2D eigenvalue weighted by molar-refractivity contribution is 7.99. The lowest BCUT2D eigenvalue weighted by molar-refractivity contribution is -0.113. The molecule has 1 saturated heterocycles. The third-order valence-corrected chi connectivity index (χ3v) is 6.24. The van der Waals surface area contributed by atoms with Crippen molar-refractivity contribution in [3.8, 4) is 5.69 Å². The summed E-state index contributed by atoms with van der Waals surface area (Å²) in [4.78, 5) is 26.1. The Hall–Kier alpha value is -3.17. The molecule has 9 heteroatoms. The molecule has 1 aliphatic rings. The molecule has 0 atom stereocenters. The van der Waals surface area contributed by atoms with Gasteiger partial charge in [-0.25, -0.2) is 0 Å². The molecule has 8 nitrogen and oxygen atoms in total. The lowest BCUT2D eigenvalue weighted by atomic mass is 10.1. The van der Waals surface area contributed by atoms with Crippen LogP contribution in [-0.4, -0.2) is 50.3 Å². The zero-order chi connectivity index (χ0) is 22.3. The Labute approximate surface area is 191 Å². The molecule has 1 fully saturated rings. The van der Waals surface area contributed by atoms with Crippen molar-refractivity contribution >= 4 is 29.3 Å². The van der Waals surface area contributed by atoms with Gasteiger partial charge in [-0.2, -0.15) is 0 Å². The first-order chi connectivity index (χ1) is 15.6. The van der Waals surface area contributed by atoms with E-state index in [9.17, 15) is 9.59 Å². The molecule has 32 heavy (non-hydrogen) atoms. The average molecular weight is 451 g/mol. The molecule has 0 saturated carbocycles. The second-order valence-corrected chi connectivity index (χ2v) is 8.63. The fourth-order valence-electron chi connectivity index (χ4n) is 3.70. The molecule has 0 unspecified atom stereocenters. The van der Waals surface area contributed by atoms with E-state index in [1.165, 1.54) is 31.0 Å². The quantitative estimate of drug-likeness (QED) is 0.511. The third-order valence-electron chi connectivity index (χ3n) is 5.31. The van der Waals surface area contributed by atoms with Crippen LogP contribution in [0.4, 0.5) is 5.69 Å². The molecular weight excluding hydrogens is 424 g/mol. The second kappa shape index (κ2) is 10.4. The number of rotatable bonds is 8. The SMILES string of the molecule is NC(=O)c1ccc(NC(=O)CSc2nnc(CN3CCCCC3)n2-c2ccccc2)cc1. The Morgan fingerprint density at radius 1 is 0.969 bits per heavy atom. The molecule has 2 amide bonds. The summed E-state index contributed by atoms with van der Waals surface area (Å²) in [6, 6.07) is 16.5. The first-order valence-corrected chi connectivity index (χ1v) is 11.6. The number of primary amides is 1. The number of para-hydroxylation sites is 1. The molecule has 1 aliphatic heterocycles. The number of hydrogen-bond donors (Lipinski definition) is 2. The third kappa shape index (κ3) is 5.54. The predicted octanol–water partition coefficient (Wildman–Crippen LogP) is 3.08. The van der Waals surface area contributed by atoms with Gasteiger partial charge >= 0.3 is 0 Å². The van der Waals surface area contributed by atoms with Crippen LogP contribution >= 0.6 is 11.8 Å². The summed E-state index contributed by atoms with van der Waals surface area (Å²) in [5.41, 5.74) is 7.24. The van der Waals surface area contributed by atoms with Crippen molar-refractivity contribution in [3.63, 3.8) is 0 Å². The van der Waals surface area contributed by atoms with Gasteiger partial charge in [0.15, 0.2) is 11.0 Å². The molecule has 0 aliphatic carbocycles. The van der Waals surface area contributed by atoms with Crippen LogP contribution in [0, 0.1) is 0 Å². The number of carbonyl (C=O) groups is 2. The van der Waals surface area contributed by atoms with Gasteiger partial charge in [0.2, 0.25) is 11.8 Å². The van der Waals surface area contributed by atoms with E-state index in [1.807, 2.05) is 34.9 Å². The van der Waals surface area contributed by atoms with E-state index in [0.29, 0.717) is 16.4 Å². The number of hydrogen-bond acceptors (Lipinski definition) is 6. The summed E-state index contributed by atoms with van der Waals surface area (Å²) in [5, 5.41) is 12.4. The van der Waals surface area contributed by atoms with Gasteiger partial charge < -0.3 is 11.1 Å². The molecule has 2 aromatic carbocycles. The maximum absolute atomic E-state index is 12.5. The van der Waals surface area contributed by atoms with Crippen LogP contribution in [0.15, 0.2) is 59.8 Å². The normalized spacial score (nSPS) is 14.2. The molecule has 2 heterocycles. The van der Waals surface area contributed by atoms with Gasteiger partial charge in [0.1, 0.15) is 0 Å². The first-order valence-electron chi connectivity index (χ1n) is 10.6. The highest BCUT2D eigenvalue weighted by atomic mass is 32.2. The summed E-state index contributed by atoms with van der Waals surface area (Å²) in [6.07, 6.45) is 3.70. The minimum atomic E-state index is -0.501. The number of nitrogens with zero attached hydrogens (tertiary/aromatic N) is 4. The van der Waals surface area contributed by atoms with Crippen molar-refractivity contribution < 1.29 is 9.59 Å². The van der Waals surface area contributed by atoms with Gasteiger partial charge in [-0.1, -0.05) is 36.4 Å². The molecule has 4 rings (SSSR count). The average Bonchev–Trinajstić information content (AvgIpc) is 3.21. The summed E-state index contributed by atoms with van der Waals surface area (Å²) >= 11 is 1.34. The summed E-state index contributed by atoms with van der Waals surface area (Å²) in [5.74, 6) is 0.399. The minimum absolute atomic E-state index is 0.165. The standard InChI is InChI=1S/C23H26N6O2S/c24-22(31)17-9-11-18(12-10-17)25-21(30)16-32-23-27-26-20(15-28-13-5-2-6-14-28)29(23)19-7-3-1-4-8-19/h1,3-4,7-12H,2,5-6,13-16H2,(H2,24,31)(H,25,30). The summed E-state index contributed by atoms with van der Waals surface area (Å²) < 4.78 is 2.04. The van der Waals surface area contributed by atoms with Crippen molar-refractivity contribution in [2.75, 3.05) is 24.2 Å². The number of nitrogens with one attached hydrogen (secondary N) is 1. The fourth-order valence-corrected chi connectivity index (χ4v) is 4.47. The van der Waals surface area contributed by atoms with Crippen LogP contribution in [-0.2, 0) is 11.3 Å². The number of benzene rings is 2. The lowest BCUT2D eigenvalue weighted by Crippen LogP contribution is -2.30. The molecule has 3 aromatic rings. The van der Waals surface area contributed by atoms with Crippen LogP contribution < -0.4 is 11.1 Å². The number of amides is 2. The van der Waals surface area contributed by atoms with Crippen LogP contribution in [0.2, 0.25) is 0 Å². The van der Waals surface area contributed by atoms with Crippen LogP contribution in [0.5, 0.6) is 0 Å². The highest BCUT2D eigenvalue weighted by Crippen LogP contribution is 2.24. The topological polar surface area (TPSA) is 106 Å². The van der Waals surface area contributed by atoms with E-state index < -0.39 is 5.91 Å². The lowest BCUT2D eigenvalue weighted by Gasteiger charge is -2.26. The number of thioether (sulfide) groups is 1. The van der Waals surface area contributed by atoms with E-state index in [1.54, 1.807) is 24.3 Å². The van der Waals surface area contributed by atoms with E-state index in [2.05, 4.69) is 20.4 Å². The Morgan fingerprint density at radius 2 is 1.69 bits per heavy atom.